The van der Waals surface area contributed by atoms with Crippen molar-refractivity contribution in [1.82, 2.24) is 8.87 Å². The van der Waals surface area contributed by atoms with Crippen LogP contribution < -0.4 is 4.80 Å². The number of rotatable bonds is 8. The lowest BCUT2D eigenvalue weighted by Crippen LogP contribution is -2.40. The summed E-state index contributed by atoms with van der Waals surface area (Å²) in [6.07, 6.45) is 0. The Morgan fingerprint density at radius 2 is 1.80 bits per heavy atom. The molecular weight excluding hydrogens is 492 g/mol. The van der Waals surface area contributed by atoms with Gasteiger partial charge in [-0.1, -0.05) is 0 Å². The van der Waals surface area contributed by atoms with E-state index in [0.717, 1.165) is 11.3 Å². The van der Waals surface area contributed by atoms with Gasteiger partial charge in [0.25, 0.3) is 5.69 Å². The summed E-state index contributed by atoms with van der Waals surface area (Å²) in [6, 6.07) is 12.8. The zero-order valence-corrected chi connectivity index (χ0v) is 21.0. The van der Waals surface area contributed by atoms with E-state index in [0.29, 0.717) is 43.4 Å². The first-order valence-corrected chi connectivity index (χ1v) is 13.3. The van der Waals surface area contributed by atoms with E-state index in [-0.39, 0.29) is 16.6 Å². The number of nitrogens with zero attached hydrogens (tertiary/aromatic N) is 4. The number of ether oxygens (including phenoxy) is 2. The quantitative estimate of drug-likeness (QED) is 0.332. The average Bonchev–Trinajstić information content (AvgIpc) is 3.28. The van der Waals surface area contributed by atoms with Gasteiger partial charge in [-0.15, -0.1) is 11.3 Å². The highest BCUT2D eigenvalue weighted by atomic mass is 32.2. The third kappa shape index (κ3) is 5.52. The van der Waals surface area contributed by atoms with Crippen LogP contribution in [-0.4, -0.2) is 62.2 Å². The number of nitro benzene ring substituents is 1. The van der Waals surface area contributed by atoms with E-state index >= 15 is 0 Å². The molecule has 0 saturated carbocycles. The first-order chi connectivity index (χ1) is 16.8. The zero-order valence-electron chi connectivity index (χ0n) is 19.4. The highest BCUT2D eigenvalue weighted by molar-refractivity contribution is 7.89. The minimum absolute atomic E-state index is 0.0255. The van der Waals surface area contributed by atoms with Crippen molar-refractivity contribution in [2.24, 2.45) is 4.99 Å². The molecule has 35 heavy (non-hydrogen) atoms. The highest BCUT2D eigenvalue weighted by Gasteiger charge is 2.26. The Kier molecular flexibility index (Phi) is 7.77. The molecule has 2 aromatic carbocycles. The van der Waals surface area contributed by atoms with Crippen LogP contribution in [0.25, 0.3) is 11.3 Å². The van der Waals surface area contributed by atoms with Crippen LogP contribution in [-0.2, 0) is 19.5 Å². The first-order valence-electron chi connectivity index (χ1n) is 11.0. The van der Waals surface area contributed by atoms with Crippen molar-refractivity contribution in [2.75, 3.05) is 40.0 Å². The van der Waals surface area contributed by atoms with E-state index in [1.54, 1.807) is 43.5 Å². The first kappa shape index (κ1) is 25.2. The van der Waals surface area contributed by atoms with Gasteiger partial charge in [0.2, 0.25) is 10.0 Å². The van der Waals surface area contributed by atoms with Gasteiger partial charge < -0.3 is 14.0 Å². The molecule has 2 heterocycles. The molecule has 12 heteroatoms. The number of morpholine rings is 1. The maximum absolute atomic E-state index is 12.9. The molecular formula is C23H26N4O6S2. The lowest BCUT2D eigenvalue weighted by Gasteiger charge is -2.26. The fourth-order valence-electron chi connectivity index (χ4n) is 3.85. The summed E-state index contributed by atoms with van der Waals surface area (Å²) in [7, 11) is -1.95. The fraction of sp³-hybridized carbons (Fsp3) is 0.348. The Morgan fingerprint density at radius 1 is 1.14 bits per heavy atom. The minimum atomic E-state index is -3.58. The molecule has 0 bridgehead atoms. The van der Waals surface area contributed by atoms with Crippen molar-refractivity contribution < 1.29 is 22.8 Å². The molecule has 1 aliphatic rings. The number of benzene rings is 2. The summed E-state index contributed by atoms with van der Waals surface area (Å²) in [5.74, 6) is 0. The van der Waals surface area contributed by atoms with Crippen LogP contribution in [0, 0.1) is 10.1 Å². The van der Waals surface area contributed by atoms with E-state index in [2.05, 4.69) is 0 Å². The fourth-order valence-corrected chi connectivity index (χ4v) is 6.27. The van der Waals surface area contributed by atoms with Crippen LogP contribution in [0.3, 0.4) is 0 Å². The minimum Gasteiger partial charge on any atom is -0.383 e. The van der Waals surface area contributed by atoms with Gasteiger partial charge in [-0.3, -0.25) is 10.1 Å². The van der Waals surface area contributed by atoms with Gasteiger partial charge in [0.1, 0.15) is 0 Å². The van der Waals surface area contributed by atoms with Crippen LogP contribution in [0.4, 0.5) is 11.4 Å². The van der Waals surface area contributed by atoms with Gasteiger partial charge in [0.15, 0.2) is 4.80 Å². The summed E-state index contributed by atoms with van der Waals surface area (Å²) < 4.78 is 39.8. The Bertz CT molecular complexity index is 1340. The summed E-state index contributed by atoms with van der Waals surface area (Å²) in [5, 5.41) is 13.0. The van der Waals surface area contributed by atoms with Crippen molar-refractivity contribution in [3.63, 3.8) is 0 Å². The van der Waals surface area contributed by atoms with Gasteiger partial charge >= 0.3 is 0 Å². The number of hydrogen-bond acceptors (Lipinski definition) is 8. The Hall–Kier alpha value is -2.90. The third-order valence-electron chi connectivity index (χ3n) is 5.63. The topological polar surface area (TPSA) is 116 Å². The predicted molar refractivity (Wildman–Crippen MR) is 132 cm³/mol. The summed E-state index contributed by atoms with van der Waals surface area (Å²) in [5.41, 5.74) is 2.32. The molecule has 0 amide bonds. The number of thiazole rings is 1. The molecule has 1 aromatic heterocycles. The number of hydrogen-bond donors (Lipinski definition) is 0. The largest absolute Gasteiger partial charge is 0.383 e. The normalized spacial score (nSPS) is 16.3. The van der Waals surface area contributed by atoms with E-state index < -0.39 is 14.9 Å². The Balaban J connectivity index is 1.69. The molecule has 10 nitrogen and oxygen atoms in total. The number of non-ortho nitro benzene ring substituents is 1. The maximum Gasteiger partial charge on any atom is 0.269 e. The van der Waals surface area contributed by atoms with Gasteiger partial charge in [0.05, 0.1) is 47.1 Å². The standard InChI is InChI=1S/C23H26N4O6S2/c1-17(15-32-2)26-22(18-3-7-20(8-4-18)27(28)29)16-34-23(26)24-19-5-9-21(10-6-19)35(30,31)25-11-13-33-14-12-25/h3-10,16-17H,11-15H2,1-2H3. The van der Waals surface area contributed by atoms with E-state index in [1.807, 2.05) is 16.9 Å². The molecule has 0 N–H and O–H groups in total. The Morgan fingerprint density at radius 3 is 2.40 bits per heavy atom. The van der Waals surface area contributed by atoms with Crippen LogP contribution in [0.5, 0.6) is 0 Å². The molecule has 0 radical (unpaired) electrons. The Labute approximate surface area is 207 Å². The highest BCUT2D eigenvalue weighted by Crippen LogP contribution is 2.27. The lowest BCUT2D eigenvalue weighted by atomic mass is 10.1. The second-order valence-electron chi connectivity index (χ2n) is 8.00. The van der Waals surface area contributed by atoms with E-state index in [1.165, 1.54) is 27.8 Å². The van der Waals surface area contributed by atoms with Gasteiger partial charge in [-0.25, -0.2) is 13.4 Å². The van der Waals surface area contributed by atoms with Gasteiger partial charge in [0, 0.05) is 37.7 Å². The predicted octanol–water partition coefficient (Wildman–Crippen LogP) is 3.59. The average molecular weight is 519 g/mol. The van der Waals surface area contributed by atoms with Crippen molar-refractivity contribution in [1.29, 1.82) is 0 Å². The van der Waals surface area contributed by atoms with Crippen LogP contribution in [0.15, 0.2) is 63.8 Å². The third-order valence-corrected chi connectivity index (χ3v) is 8.39. The molecule has 4 rings (SSSR count). The number of nitro groups is 1. The molecule has 186 valence electrons. The van der Waals surface area contributed by atoms with Crippen molar-refractivity contribution in [3.05, 3.63) is 68.8 Å². The maximum atomic E-state index is 12.9. The summed E-state index contributed by atoms with van der Waals surface area (Å²) in [4.78, 5) is 16.3. The summed E-state index contributed by atoms with van der Waals surface area (Å²) >= 11 is 1.43. The van der Waals surface area contributed by atoms with Crippen molar-refractivity contribution in [2.45, 2.75) is 17.9 Å². The number of aromatic nitrogens is 1. The second kappa shape index (κ2) is 10.8. The van der Waals surface area contributed by atoms with Gasteiger partial charge in [-0.05, 0) is 48.9 Å². The summed E-state index contributed by atoms with van der Waals surface area (Å²) in [6.45, 7) is 3.91. The van der Waals surface area contributed by atoms with Crippen LogP contribution in [0.1, 0.15) is 13.0 Å². The molecule has 3 aromatic rings. The molecule has 1 unspecified atom stereocenters. The van der Waals surface area contributed by atoms with Crippen LogP contribution in [0.2, 0.25) is 0 Å². The lowest BCUT2D eigenvalue weighted by molar-refractivity contribution is -0.384. The SMILES string of the molecule is COCC(C)n1c(-c2ccc([N+](=O)[O-])cc2)csc1=Nc1ccc(S(=O)(=O)N2CCOCC2)cc1. The van der Waals surface area contributed by atoms with E-state index in [4.69, 9.17) is 14.5 Å². The van der Waals surface area contributed by atoms with Crippen molar-refractivity contribution in [3.8, 4) is 11.3 Å². The molecule has 0 spiro atoms. The monoisotopic (exact) mass is 518 g/mol. The molecule has 0 aliphatic carbocycles. The number of sulfonamides is 1. The van der Waals surface area contributed by atoms with Crippen molar-refractivity contribution >= 4 is 32.7 Å². The van der Waals surface area contributed by atoms with E-state index in [9.17, 15) is 18.5 Å². The molecule has 1 aliphatic heterocycles. The molecule has 1 saturated heterocycles. The smallest absolute Gasteiger partial charge is 0.269 e. The number of methoxy groups -OCH3 is 1. The van der Waals surface area contributed by atoms with Crippen LogP contribution >= 0.6 is 11.3 Å². The molecule has 1 fully saturated rings. The zero-order chi connectivity index (χ0) is 25.0. The van der Waals surface area contributed by atoms with Gasteiger partial charge in [-0.2, -0.15) is 4.31 Å². The second-order valence-corrected chi connectivity index (χ2v) is 10.8. The molecule has 1 atom stereocenters.